The van der Waals surface area contributed by atoms with Gasteiger partial charge in [-0.3, -0.25) is 9.59 Å². The number of sulfonamides is 1. The Morgan fingerprint density at radius 1 is 1.09 bits per heavy atom. The first-order valence-corrected chi connectivity index (χ1v) is 11.1. The minimum absolute atomic E-state index is 0.0911. The van der Waals surface area contributed by atoms with Crippen LogP contribution in [0.5, 0.6) is 5.75 Å². The molecule has 0 fully saturated rings. The minimum atomic E-state index is -4.19. The number of para-hydroxylation sites is 1. The number of aromatic hydroxyl groups is 1. The number of hydrogen-bond acceptors (Lipinski definition) is 7. The van der Waals surface area contributed by atoms with E-state index < -0.39 is 27.9 Å². The summed E-state index contributed by atoms with van der Waals surface area (Å²) < 4.78 is 38.0. The minimum Gasteiger partial charge on any atom is -0.508 e. The second-order valence-electron chi connectivity index (χ2n) is 7.14. The molecular weight excluding hydrogens is 436 g/mol. The summed E-state index contributed by atoms with van der Waals surface area (Å²) in [4.78, 5) is 27.2. The molecule has 166 valence electrons. The van der Waals surface area contributed by atoms with Gasteiger partial charge in [0.15, 0.2) is 0 Å². The molecule has 10 heteroatoms. The molecule has 1 unspecified atom stereocenters. The molecule has 2 aromatic carbocycles. The van der Waals surface area contributed by atoms with Crippen LogP contribution in [0.3, 0.4) is 0 Å². The molecule has 0 bridgehead atoms. The average molecular weight is 456 g/mol. The van der Waals surface area contributed by atoms with Crippen LogP contribution in [-0.4, -0.2) is 49.4 Å². The third kappa shape index (κ3) is 3.85. The van der Waals surface area contributed by atoms with E-state index in [-0.39, 0.29) is 29.3 Å². The summed E-state index contributed by atoms with van der Waals surface area (Å²) in [6.07, 6.45) is 2.64. The van der Waals surface area contributed by atoms with Crippen molar-refractivity contribution in [1.29, 1.82) is 0 Å². The lowest BCUT2D eigenvalue weighted by Gasteiger charge is -2.29. The number of fused-ring (bicyclic) bond motifs is 1. The summed E-state index contributed by atoms with van der Waals surface area (Å²) in [6.45, 7) is -0.417. The fourth-order valence-corrected chi connectivity index (χ4v) is 5.16. The quantitative estimate of drug-likeness (QED) is 0.599. The largest absolute Gasteiger partial charge is 0.508 e. The highest BCUT2D eigenvalue weighted by Crippen LogP contribution is 2.32. The summed E-state index contributed by atoms with van der Waals surface area (Å²) in [7, 11) is -3.03. The number of furan rings is 1. The van der Waals surface area contributed by atoms with Crippen molar-refractivity contribution in [3.8, 4) is 5.75 Å². The van der Waals surface area contributed by atoms with Gasteiger partial charge in [0.25, 0.3) is 5.91 Å². The van der Waals surface area contributed by atoms with Gasteiger partial charge in [0.2, 0.25) is 10.0 Å². The third-order valence-corrected chi connectivity index (χ3v) is 7.11. The van der Waals surface area contributed by atoms with Gasteiger partial charge in [0, 0.05) is 12.2 Å². The topological polar surface area (TPSA) is 117 Å². The van der Waals surface area contributed by atoms with Crippen LogP contribution in [0.4, 0.5) is 5.69 Å². The smallest absolute Gasteiger partial charge is 0.326 e. The van der Waals surface area contributed by atoms with E-state index in [1.54, 1.807) is 24.3 Å². The van der Waals surface area contributed by atoms with Crippen molar-refractivity contribution in [1.82, 2.24) is 4.31 Å². The van der Waals surface area contributed by atoms with Gasteiger partial charge in [-0.1, -0.05) is 18.2 Å². The average Bonchev–Trinajstić information content (AvgIpc) is 3.27. The second-order valence-corrected chi connectivity index (χ2v) is 9.03. The molecule has 1 aliphatic rings. The molecule has 1 amide bonds. The van der Waals surface area contributed by atoms with Crippen LogP contribution >= 0.6 is 0 Å². The van der Waals surface area contributed by atoms with Crippen LogP contribution in [0.15, 0.2) is 76.4 Å². The molecule has 3 aromatic rings. The van der Waals surface area contributed by atoms with Gasteiger partial charge in [0.1, 0.15) is 18.1 Å². The lowest BCUT2D eigenvalue weighted by molar-refractivity contribution is -0.144. The van der Waals surface area contributed by atoms with Gasteiger partial charge in [-0.2, -0.15) is 4.31 Å². The van der Waals surface area contributed by atoms with E-state index in [2.05, 4.69) is 0 Å². The number of amides is 1. The number of ether oxygens (including phenoxy) is 1. The van der Waals surface area contributed by atoms with Crippen molar-refractivity contribution in [2.24, 2.45) is 0 Å². The Hall–Kier alpha value is -3.63. The van der Waals surface area contributed by atoms with E-state index in [1.165, 1.54) is 47.8 Å². The van der Waals surface area contributed by atoms with Crippen molar-refractivity contribution < 1.29 is 32.3 Å². The van der Waals surface area contributed by atoms with E-state index >= 15 is 0 Å². The number of carbonyl (C=O) groups is 2. The molecule has 1 N–H and O–H groups in total. The maximum atomic E-state index is 13.5. The Balaban J connectivity index is 1.84. The first-order chi connectivity index (χ1) is 15.3. The second kappa shape index (κ2) is 8.48. The Labute approximate surface area is 184 Å². The first kappa shape index (κ1) is 21.6. The maximum Gasteiger partial charge on any atom is 0.326 e. The normalized spacial score (nSPS) is 16.8. The zero-order valence-electron chi connectivity index (χ0n) is 17.0. The highest BCUT2D eigenvalue weighted by molar-refractivity contribution is 7.89. The Kier molecular flexibility index (Phi) is 5.72. The van der Waals surface area contributed by atoms with Crippen molar-refractivity contribution in [2.45, 2.75) is 17.5 Å². The molecule has 9 nitrogen and oxygen atoms in total. The van der Waals surface area contributed by atoms with Gasteiger partial charge in [-0.15, -0.1) is 0 Å². The van der Waals surface area contributed by atoms with Crippen molar-refractivity contribution in [3.05, 3.63) is 78.3 Å². The lowest BCUT2D eigenvalue weighted by Crippen LogP contribution is -2.50. The molecule has 1 atom stereocenters. The standard InChI is InChI=1S/C22H20N2O7S/c1-30-22(27)20-13-23(21(26)16-10-11-31-14-16)19-5-3-2-4-15(19)12-24(20)32(28,29)18-8-6-17(25)7-9-18/h2-11,14,20,25H,12-13H2,1H3. The fourth-order valence-electron chi connectivity index (χ4n) is 3.62. The van der Waals surface area contributed by atoms with Crippen molar-refractivity contribution in [2.75, 3.05) is 18.6 Å². The van der Waals surface area contributed by atoms with Crippen LogP contribution in [0, 0.1) is 0 Å². The highest BCUT2D eigenvalue weighted by atomic mass is 32.2. The van der Waals surface area contributed by atoms with Crippen LogP contribution in [-0.2, 0) is 26.1 Å². The van der Waals surface area contributed by atoms with Gasteiger partial charge in [-0.25, -0.2) is 8.42 Å². The summed E-state index contributed by atoms with van der Waals surface area (Å²) in [5.41, 5.74) is 1.28. The molecule has 0 saturated heterocycles. The SMILES string of the molecule is COC(=O)C1CN(C(=O)c2ccoc2)c2ccccc2CN1S(=O)(=O)c1ccc(O)cc1. The maximum absolute atomic E-state index is 13.5. The van der Waals surface area contributed by atoms with Crippen LogP contribution in [0.25, 0.3) is 0 Å². The molecule has 4 rings (SSSR count). The molecule has 0 aliphatic carbocycles. The number of carbonyl (C=O) groups excluding carboxylic acids is 2. The summed E-state index contributed by atoms with van der Waals surface area (Å²) in [5, 5.41) is 9.54. The molecule has 0 radical (unpaired) electrons. The number of benzene rings is 2. The monoisotopic (exact) mass is 456 g/mol. The van der Waals surface area contributed by atoms with Crippen molar-refractivity contribution in [3.63, 3.8) is 0 Å². The number of hydrogen-bond donors (Lipinski definition) is 1. The number of rotatable bonds is 4. The predicted molar refractivity (Wildman–Crippen MR) is 113 cm³/mol. The zero-order chi connectivity index (χ0) is 22.9. The lowest BCUT2D eigenvalue weighted by atomic mass is 10.1. The predicted octanol–water partition coefficient (Wildman–Crippen LogP) is 2.38. The van der Waals surface area contributed by atoms with Crippen LogP contribution in [0.1, 0.15) is 15.9 Å². The third-order valence-electron chi connectivity index (χ3n) is 5.24. The zero-order valence-corrected chi connectivity index (χ0v) is 17.9. The van der Waals surface area contributed by atoms with E-state index in [1.807, 2.05) is 0 Å². The molecular formula is C22H20N2O7S. The number of methoxy groups -OCH3 is 1. The summed E-state index contributed by atoms with van der Waals surface area (Å²) in [5.74, 6) is -1.33. The number of esters is 1. The Morgan fingerprint density at radius 3 is 2.47 bits per heavy atom. The number of anilines is 1. The van der Waals surface area contributed by atoms with Gasteiger partial charge >= 0.3 is 5.97 Å². The van der Waals surface area contributed by atoms with Gasteiger partial charge < -0.3 is 19.2 Å². The Morgan fingerprint density at radius 2 is 1.81 bits per heavy atom. The molecule has 2 heterocycles. The molecule has 32 heavy (non-hydrogen) atoms. The number of phenols is 1. The number of nitrogens with zero attached hydrogens (tertiary/aromatic N) is 2. The van der Waals surface area contributed by atoms with Crippen LogP contribution < -0.4 is 4.90 Å². The van der Waals surface area contributed by atoms with Crippen molar-refractivity contribution >= 4 is 27.6 Å². The molecule has 1 aromatic heterocycles. The van der Waals surface area contributed by atoms with E-state index in [4.69, 9.17) is 9.15 Å². The highest BCUT2D eigenvalue weighted by Gasteiger charge is 2.42. The molecule has 1 aliphatic heterocycles. The molecule has 0 spiro atoms. The molecule has 0 saturated carbocycles. The fraction of sp³-hybridized carbons (Fsp3) is 0.182. The van der Waals surface area contributed by atoms with E-state index in [0.29, 0.717) is 11.3 Å². The summed E-state index contributed by atoms with van der Waals surface area (Å²) >= 11 is 0. The Bertz CT molecular complexity index is 1240. The van der Waals surface area contributed by atoms with Gasteiger partial charge in [0.05, 0.1) is 30.4 Å². The van der Waals surface area contributed by atoms with E-state index in [9.17, 15) is 23.1 Å². The number of phenolic OH excluding ortho intramolecular Hbond substituents is 1. The van der Waals surface area contributed by atoms with E-state index in [0.717, 1.165) is 11.4 Å². The van der Waals surface area contributed by atoms with Gasteiger partial charge in [-0.05, 0) is 42.0 Å². The summed E-state index contributed by atoms with van der Waals surface area (Å²) in [6, 6.07) is 12.0. The first-order valence-electron chi connectivity index (χ1n) is 9.63. The van der Waals surface area contributed by atoms with Crippen LogP contribution in [0.2, 0.25) is 0 Å².